The highest BCUT2D eigenvalue weighted by molar-refractivity contribution is 5.49. The van der Waals surface area contributed by atoms with Gasteiger partial charge in [-0.3, -0.25) is 0 Å². The molecule has 1 aromatic rings. The summed E-state index contributed by atoms with van der Waals surface area (Å²) in [4.78, 5) is 0. The van der Waals surface area contributed by atoms with E-state index in [-0.39, 0.29) is 5.75 Å². The molecule has 2 nitrogen and oxygen atoms in total. The van der Waals surface area contributed by atoms with Gasteiger partial charge in [0, 0.05) is 5.69 Å². The first-order valence-corrected chi connectivity index (χ1v) is 3.12. The van der Waals surface area contributed by atoms with Gasteiger partial charge in [0.1, 0.15) is 5.75 Å². The number of hydrogen-bond acceptors (Lipinski definition) is 2. The molecule has 0 unspecified atom stereocenters. The molecule has 0 amide bonds. The standard InChI is InChI=1S/C8H10NO/c1-2-6-5-7(9)3-4-8(6)10/h2-5,10H,9H2,1H3. The van der Waals surface area contributed by atoms with E-state index in [4.69, 9.17) is 10.8 Å². The Bertz CT molecular complexity index is 233. The molecule has 0 aliphatic heterocycles. The molecule has 0 atom stereocenters. The zero-order valence-electron chi connectivity index (χ0n) is 5.83. The van der Waals surface area contributed by atoms with Gasteiger partial charge >= 0.3 is 0 Å². The van der Waals surface area contributed by atoms with Crippen LogP contribution in [-0.4, -0.2) is 5.11 Å². The fourth-order valence-corrected chi connectivity index (χ4v) is 0.804. The molecule has 0 aromatic heterocycles. The number of hydrogen-bond donors (Lipinski definition) is 2. The Hall–Kier alpha value is -1.18. The minimum absolute atomic E-state index is 0.275. The summed E-state index contributed by atoms with van der Waals surface area (Å²) in [6, 6.07) is 4.99. The molecule has 0 heterocycles. The van der Waals surface area contributed by atoms with Crippen LogP contribution in [0.15, 0.2) is 18.2 Å². The summed E-state index contributed by atoms with van der Waals surface area (Å²) in [6.07, 6.45) is 1.81. The summed E-state index contributed by atoms with van der Waals surface area (Å²) >= 11 is 0. The van der Waals surface area contributed by atoms with E-state index in [1.807, 2.05) is 13.3 Å². The van der Waals surface area contributed by atoms with Gasteiger partial charge in [-0.15, -0.1) is 0 Å². The molecule has 0 bridgehead atoms. The molecule has 0 fully saturated rings. The van der Waals surface area contributed by atoms with E-state index in [0.29, 0.717) is 5.69 Å². The van der Waals surface area contributed by atoms with E-state index in [1.165, 1.54) is 0 Å². The maximum Gasteiger partial charge on any atom is 0.119 e. The van der Waals surface area contributed by atoms with E-state index in [2.05, 4.69) is 0 Å². The SMILES string of the molecule is C[CH]c1cc(N)ccc1O. The maximum atomic E-state index is 9.15. The number of nitrogens with two attached hydrogens (primary N) is 1. The van der Waals surface area contributed by atoms with Crippen molar-refractivity contribution in [2.45, 2.75) is 6.92 Å². The Balaban J connectivity index is 3.09. The number of phenolic OH excluding ortho intramolecular Hbond substituents is 1. The summed E-state index contributed by atoms with van der Waals surface area (Å²) in [5.74, 6) is 0.275. The van der Waals surface area contributed by atoms with Crippen molar-refractivity contribution in [3.05, 3.63) is 30.2 Å². The molecule has 1 rings (SSSR count). The summed E-state index contributed by atoms with van der Waals surface area (Å²) < 4.78 is 0. The fraction of sp³-hybridized carbons (Fsp3) is 0.125. The summed E-state index contributed by atoms with van der Waals surface area (Å²) in [5.41, 5.74) is 6.92. The lowest BCUT2D eigenvalue weighted by Gasteiger charge is -2.00. The third kappa shape index (κ3) is 1.21. The summed E-state index contributed by atoms with van der Waals surface area (Å²) in [7, 11) is 0. The van der Waals surface area contributed by atoms with E-state index < -0.39 is 0 Å². The Morgan fingerprint density at radius 1 is 1.50 bits per heavy atom. The van der Waals surface area contributed by atoms with Gasteiger partial charge in [-0.05, 0) is 30.2 Å². The molecule has 2 heteroatoms. The van der Waals surface area contributed by atoms with Gasteiger partial charge in [-0.1, -0.05) is 6.92 Å². The number of anilines is 1. The van der Waals surface area contributed by atoms with Gasteiger partial charge < -0.3 is 10.8 Å². The molecule has 0 spiro atoms. The third-order valence-corrected chi connectivity index (χ3v) is 1.36. The van der Waals surface area contributed by atoms with E-state index >= 15 is 0 Å². The van der Waals surface area contributed by atoms with Gasteiger partial charge in [0.25, 0.3) is 0 Å². The van der Waals surface area contributed by atoms with E-state index in [9.17, 15) is 0 Å². The van der Waals surface area contributed by atoms with Crippen LogP contribution >= 0.6 is 0 Å². The average molecular weight is 136 g/mol. The van der Waals surface area contributed by atoms with Gasteiger partial charge in [0.05, 0.1) is 0 Å². The number of phenols is 1. The van der Waals surface area contributed by atoms with Crippen LogP contribution in [0.4, 0.5) is 5.69 Å². The molecular formula is C8H10NO. The minimum atomic E-state index is 0.275. The third-order valence-electron chi connectivity index (χ3n) is 1.36. The van der Waals surface area contributed by atoms with E-state index in [1.54, 1.807) is 18.2 Å². The lowest BCUT2D eigenvalue weighted by atomic mass is 10.1. The predicted octanol–water partition coefficient (Wildman–Crippen LogP) is 1.55. The molecule has 3 N–H and O–H groups in total. The van der Waals surface area contributed by atoms with Crippen LogP contribution in [0.5, 0.6) is 5.75 Å². The quantitative estimate of drug-likeness (QED) is 0.454. The second-order valence-electron chi connectivity index (χ2n) is 2.11. The Labute approximate surface area is 60.3 Å². The maximum absolute atomic E-state index is 9.15. The Morgan fingerprint density at radius 2 is 2.20 bits per heavy atom. The first-order chi connectivity index (χ1) is 4.74. The lowest BCUT2D eigenvalue weighted by Crippen LogP contribution is -1.86. The van der Waals surface area contributed by atoms with Crippen LogP contribution in [0.25, 0.3) is 0 Å². The first kappa shape index (κ1) is 6.93. The number of aromatic hydroxyl groups is 1. The van der Waals surface area contributed by atoms with Crippen molar-refractivity contribution in [2.75, 3.05) is 5.73 Å². The van der Waals surface area contributed by atoms with Crippen molar-refractivity contribution in [2.24, 2.45) is 0 Å². The predicted molar refractivity (Wildman–Crippen MR) is 41.6 cm³/mol. The highest BCUT2D eigenvalue weighted by atomic mass is 16.3. The normalized spacial score (nSPS) is 9.70. The molecule has 53 valence electrons. The largest absolute Gasteiger partial charge is 0.508 e. The molecule has 10 heavy (non-hydrogen) atoms. The van der Waals surface area contributed by atoms with Crippen LogP contribution in [0.2, 0.25) is 0 Å². The molecule has 0 saturated carbocycles. The van der Waals surface area contributed by atoms with E-state index in [0.717, 1.165) is 5.56 Å². The van der Waals surface area contributed by atoms with Crippen molar-refractivity contribution in [3.8, 4) is 5.75 Å². The fourth-order valence-electron chi connectivity index (χ4n) is 0.804. The monoisotopic (exact) mass is 136 g/mol. The van der Waals surface area contributed by atoms with Crippen LogP contribution in [0, 0.1) is 6.42 Å². The van der Waals surface area contributed by atoms with Crippen molar-refractivity contribution < 1.29 is 5.11 Å². The first-order valence-electron chi connectivity index (χ1n) is 3.12. The van der Waals surface area contributed by atoms with Crippen LogP contribution in [-0.2, 0) is 0 Å². The van der Waals surface area contributed by atoms with Crippen molar-refractivity contribution in [1.82, 2.24) is 0 Å². The van der Waals surface area contributed by atoms with Gasteiger partial charge in [0.15, 0.2) is 0 Å². The van der Waals surface area contributed by atoms with Crippen LogP contribution in [0.3, 0.4) is 0 Å². The van der Waals surface area contributed by atoms with Gasteiger partial charge in [-0.2, -0.15) is 0 Å². The van der Waals surface area contributed by atoms with Crippen molar-refractivity contribution in [1.29, 1.82) is 0 Å². The number of benzene rings is 1. The highest BCUT2D eigenvalue weighted by Crippen LogP contribution is 2.20. The second-order valence-corrected chi connectivity index (χ2v) is 2.11. The molecular weight excluding hydrogens is 126 g/mol. The summed E-state index contributed by atoms with van der Waals surface area (Å²) in [6.45, 7) is 1.86. The average Bonchev–Trinajstić information content (AvgIpc) is 1.94. The van der Waals surface area contributed by atoms with Gasteiger partial charge in [0.2, 0.25) is 0 Å². The zero-order valence-corrected chi connectivity index (χ0v) is 5.83. The van der Waals surface area contributed by atoms with Crippen molar-refractivity contribution in [3.63, 3.8) is 0 Å². The second kappa shape index (κ2) is 2.60. The molecule has 0 saturated heterocycles. The minimum Gasteiger partial charge on any atom is -0.508 e. The van der Waals surface area contributed by atoms with Gasteiger partial charge in [-0.25, -0.2) is 0 Å². The molecule has 1 aromatic carbocycles. The Kier molecular flexibility index (Phi) is 1.81. The zero-order chi connectivity index (χ0) is 7.56. The van der Waals surface area contributed by atoms with Crippen LogP contribution < -0.4 is 5.73 Å². The highest BCUT2D eigenvalue weighted by Gasteiger charge is 1.96. The van der Waals surface area contributed by atoms with Crippen molar-refractivity contribution >= 4 is 5.69 Å². The molecule has 0 aliphatic carbocycles. The number of rotatable bonds is 1. The van der Waals surface area contributed by atoms with Crippen LogP contribution in [0.1, 0.15) is 12.5 Å². The summed E-state index contributed by atoms with van der Waals surface area (Å²) in [5, 5.41) is 9.15. The smallest absolute Gasteiger partial charge is 0.119 e. The topological polar surface area (TPSA) is 46.2 Å². The number of nitrogen functional groups attached to an aromatic ring is 1. The lowest BCUT2D eigenvalue weighted by molar-refractivity contribution is 0.472. The Morgan fingerprint density at radius 3 is 2.70 bits per heavy atom. The molecule has 1 radical (unpaired) electrons. The molecule has 0 aliphatic rings.